The van der Waals surface area contributed by atoms with Crippen molar-refractivity contribution in [3.8, 4) is 0 Å². The zero-order valence-corrected chi connectivity index (χ0v) is 8.80. The van der Waals surface area contributed by atoms with Crippen LogP contribution in [0.4, 0.5) is 0 Å². The first-order chi connectivity index (χ1) is 6.42. The van der Waals surface area contributed by atoms with E-state index >= 15 is 0 Å². The van der Waals surface area contributed by atoms with Gasteiger partial charge in [-0.3, -0.25) is 0 Å². The molecule has 0 aliphatic heterocycles. The van der Waals surface area contributed by atoms with Crippen LogP contribution in [-0.4, -0.2) is 14.0 Å². The number of hydrogen-bond acceptors (Lipinski definition) is 1. The maximum absolute atomic E-state index is 5.72. The fourth-order valence-corrected chi connectivity index (χ4v) is 3.34. The lowest BCUT2D eigenvalue weighted by molar-refractivity contribution is 0.390. The van der Waals surface area contributed by atoms with Crippen LogP contribution in [-0.2, 0) is 4.65 Å². The third-order valence-electron chi connectivity index (χ3n) is 4.00. The molecule has 13 heavy (non-hydrogen) atoms. The molecule has 0 aromatic rings. The molecule has 0 aromatic heterocycles. The van der Waals surface area contributed by atoms with Crippen LogP contribution in [0.25, 0.3) is 0 Å². The predicted octanol–water partition coefficient (Wildman–Crippen LogP) is 3.51. The maximum Gasteiger partial charge on any atom is 0.298 e. The minimum absolute atomic E-state index is 0.602. The first-order valence-corrected chi connectivity index (χ1v) is 5.94. The van der Waals surface area contributed by atoms with Gasteiger partial charge < -0.3 is 4.65 Å². The molecule has 0 spiro atoms. The van der Waals surface area contributed by atoms with E-state index in [9.17, 15) is 0 Å². The van der Waals surface area contributed by atoms with E-state index in [-0.39, 0.29) is 0 Å². The van der Waals surface area contributed by atoms with Gasteiger partial charge in [-0.05, 0) is 11.6 Å². The molecule has 0 atom stereocenters. The van der Waals surface area contributed by atoms with Crippen molar-refractivity contribution in [1.29, 1.82) is 0 Å². The lowest BCUT2D eigenvalue weighted by Crippen LogP contribution is -2.27. The molecule has 0 bridgehead atoms. The molecule has 0 amide bonds. The molecule has 2 saturated carbocycles. The monoisotopic (exact) mass is 180 g/mol. The highest BCUT2D eigenvalue weighted by Gasteiger charge is 2.37. The highest BCUT2D eigenvalue weighted by atomic mass is 16.4. The van der Waals surface area contributed by atoms with E-state index in [2.05, 4.69) is 0 Å². The fraction of sp³-hybridized carbons (Fsp3) is 1.00. The summed E-state index contributed by atoms with van der Waals surface area (Å²) in [5.74, 6) is 1.79. The third kappa shape index (κ3) is 2.09. The van der Waals surface area contributed by atoms with Gasteiger partial charge in [-0.25, -0.2) is 0 Å². The zero-order valence-electron chi connectivity index (χ0n) is 8.80. The average molecular weight is 180 g/mol. The second kappa shape index (κ2) is 4.50. The average Bonchev–Trinajstić information content (AvgIpc) is 2.76. The second-order valence-corrected chi connectivity index (χ2v) is 4.79. The largest absolute Gasteiger partial charge is 0.438 e. The Morgan fingerprint density at radius 2 is 1.23 bits per heavy atom. The molecule has 0 unspecified atom stereocenters. The van der Waals surface area contributed by atoms with Crippen LogP contribution in [0.5, 0.6) is 0 Å². The molecular weight excluding hydrogens is 159 g/mol. The Morgan fingerprint density at radius 3 is 1.54 bits per heavy atom. The second-order valence-electron chi connectivity index (χ2n) is 4.79. The molecule has 0 aromatic carbocycles. The van der Waals surface area contributed by atoms with E-state index < -0.39 is 0 Å². The maximum atomic E-state index is 5.72. The smallest absolute Gasteiger partial charge is 0.298 e. The van der Waals surface area contributed by atoms with Crippen LogP contribution in [0.3, 0.4) is 0 Å². The number of hydrogen-bond donors (Lipinski definition) is 0. The van der Waals surface area contributed by atoms with Crippen molar-refractivity contribution < 1.29 is 4.65 Å². The summed E-state index contributed by atoms with van der Waals surface area (Å²) in [5.41, 5.74) is 0. The Hall–Kier alpha value is 0.0249. The standard InChI is InChI=1S/C11H21BO/c1-13-12(10-6-2-3-7-10)11-8-4-5-9-11/h10-11H,2-9H2,1H3. The topological polar surface area (TPSA) is 9.23 Å². The molecule has 2 heteroatoms. The molecule has 2 aliphatic carbocycles. The third-order valence-corrected chi connectivity index (χ3v) is 4.00. The van der Waals surface area contributed by atoms with Crippen LogP contribution in [0.2, 0.25) is 11.6 Å². The van der Waals surface area contributed by atoms with E-state index in [1.807, 2.05) is 7.11 Å². The first-order valence-electron chi connectivity index (χ1n) is 5.94. The summed E-state index contributed by atoms with van der Waals surface area (Å²) in [6.07, 6.45) is 11.5. The summed E-state index contributed by atoms with van der Waals surface area (Å²) >= 11 is 0. The van der Waals surface area contributed by atoms with E-state index in [4.69, 9.17) is 4.65 Å². The van der Waals surface area contributed by atoms with Crippen LogP contribution in [0, 0.1) is 0 Å². The van der Waals surface area contributed by atoms with Crippen LogP contribution >= 0.6 is 0 Å². The van der Waals surface area contributed by atoms with Crippen molar-refractivity contribution in [2.24, 2.45) is 0 Å². The van der Waals surface area contributed by atoms with Gasteiger partial charge in [-0.15, -0.1) is 0 Å². The van der Waals surface area contributed by atoms with E-state index in [0.29, 0.717) is 6.92 Å². The van der Waals surface area contributed by atoms with Gasteiger partial charge in [-0.2, -0.15) is 0 Å². The Bertz CT molecular complexity index is 132. The van der Waals surface area contributed by atoms with Crippen molar-refractivity contribution in [1.82, 2.24) is 0 Å². The minimum Gasteiger partial charge on any atom is -0.438 e. The summed E-state index contributed by atoms with van der Waals surface area (Å²) in [6, 6.07) is 0. The van der Waals surface area contributed by atoms with Crippen molar-refractivity contribution in [2.45, 2.75) is 63.0 Å². The van der Waals surface area contributed by atoms with Crippen molar-refractivity contribution in [2.75, 3.05) is 7.11 Å². The summed E-state index contributed by atoms with van der Waals surface area (Å²) < 4.78 is 5.72. The van der Waals surface area contributed by atoms with Crippen LogP contribution in [0.15, 0.2) is 0 Å². The molecule has 74 valence electrons. The van der Waals surface area contributed by atoms with Gasteiger partial charge in [-0.1, -0.05) is 51.4 Å². The van der Waals surface area contributed by atoms with Gasteiger partial charge in [0, 0.05) is 7.11 Å². The Kier molecular flexibility index (Phi) is 3.31. The van der Waals surface area contributed by atoms with Gasteiger partial charge in [0.2, 0.25) is 0 Å². The molecule has 0 N–H and O–H groups in total. The predicted molar refractivity (Wildman–Crippen MR) is 57.2 cm³/mol. The van der Waals surface area contributed by atoms with Crippen molar-refractivity contribution in [3.05, 3.63) is 0 Å². The lowest BCUT2D eigenvalue weighted by atomic mass is 9.46. The molecule has 2 fully saturated rings. The summed E-state index contributed by atoms with van der Waals surface area (Å²) in [6.45, 7) is 0.602. The molecule has 0 saturated heterocycles. The SMILES string of the molecule is COB(C1CCCC1)C1CCCC1. The molecule has 2 rings (SSSR count). The summed E-state index contributed by atoms with van der Waals surface area (Å²) in [5, 5.41) is 0. The number of rotatable bonds is 3. The van der Waals surface area contributed by atoms with Gasteiger partial charge in [0.15, 0.2) is 0 Å². The van der Waals surface area contributed by atoms with Crippen molar-refractivity contribution in [3.63, 3.8) is 0 Å². The van der Waals surface area contributed by atoms with E-state index in [0.717, 1.165) is 11.6 Å². The van der Waals surface area contributed by atoms with Crippen LogP contribution in [0.1, 0.15) is 51.4 Å². The quantitative estimate of drug-likeness (QED) is 0.604. The van der Waals surface area contributed by atoms with E-state index in [1.165, 1.54) is 51.4 Å². The minimum atomic E-state index is 0.602. The van der Waals surface area contributed by atoms with E-state index in [1.54, 1.807) is 0 Å². The molecular formula is C11H21BO. The first kappa shape index (κ1) is 9.58. The Morgan fingerprint density at radius 1 is 0.846 bits per heavy atom. The van der Waals surface area contributed by atoms with Gasteiger partial charge in [0.05, 0.1) is 0 Å². The van der Waals surface area contributed by atoms with Gasteiger partial charge in [0.1, 0.15) is 0 Å². The van der Waals surface area contributed by atoms with Crippen LogP contribution < -0.4 is 0 Å². The zero-order chi connectivity index (χ0) is 9.10. The molecule has 0 heterocycles. The highest BCUT2D eigenvalue weighted by molar-refractivity contribution is 6.55. The van der Waals surface area contributed by atoms with Gasteiger partial charge in [0.25, 0.3) is 6.92 Å². The Labute approximate surface area is 82.3 Å². The van der Waals surface area contributed by atoms with Gasteiger partial charge >= 0.3 is 0 Å². The Balaban J connectivity index is 1.90. The summed E-state index contributed by atoms with van der Waals surface area (Å²) in [7, 11) is 1.92. The molecule has 0 radical (unpaired) electrons. The lowest BCUT2D eigenvalue weighted by Gasteiger charge is -2.23. The molecule has 1 nitrogen and oxygen atoms in total. The fourth-order valence-electron chi connectivity index (χ4n) is 3.34. The highest BCUT2D eigenvalue weighted by Crippen LogP contribution is 2.43. The summed E-state index contributed by atoms with van der Waals surface area (Å²) in [4.78, 5) is 0. The molecule has 2 aliphatic rings. The normalized spacial score (nSPS) is 25.6. The van der Waals surface area contributed by atoms with Crippen molar-refractivity contribution >= 4 is 6.92 Å².